The molecule has 21 heavy (non-hydrogen) atoms. The fourth-order valence-electron chi connectivity index (χ4n) is 2.72. The van der Waals surface area contributed by atoms with Crippen molar-refractivity contribution in [3.8, 4) is 0 Å². The molecule has 112 valence electrons. The molecular formula is C17H22N2O2. The third-order valence-corrected chi connectivity index (χ3v) is 4.19. The summed E-state index contributed by atoms with van der Waals surface area (Å²) in [7, 11) is 0. The Morgan fingerprint density at radius 3 is 2.62 bits per heavy atom. The van der Waals surface area contributed by atoms with Crippen LogP contribution in [0.4, 0.5) is 0 Å². The largest absolute Gasteiger partial charge is 0.425 e. The Labute approximate surface area is 125 Å². The summed E-state index contributed by atoms with van der Waals surface area (Å²) < 4.78 is 11.2. The standard InChI is InChI=1S/C17H22N2O2/c1-12-4-6-14(7-5-12)17(2,3)10-15-18-19-16(21-15)13-8-9-20-11-13/h4-7,13H,8-11H2,1-3H3/t13-/m1/s1. The molecule has 0 aliphatic carbocycles. The molecule has 0 bridgehead atoms. The SMILES string of the molecule is Cc1ccc(C(C)(C)Cc2nnc([C@@H]3CCOC3)o2)cc1. The van der Waals surface area contributed by atoms with E-state index in [2.05, 4.69) is 55.2 Å². The number of nitrogens with zero attached hydrogens (tertiary/aromatic N) is 2. The van der Waals surface area contributed by atoms with Gasteiger partial charge in [0.15, 0.2) is 0 Å². The second-order valence-corrected chi connectivity index (χ2v) is 6.52. The number of rotatable bonds is 4. The maximum atomic E-state index is 5.85. The molecule has 0 spiro atoms. The van der Waals surface area contributed by atoms with Crippen LogP contribution in [0, 0.1) is 6.92 Å². The lowest BCUT2D eigenvalue weighted by atomic mass is 9.81. The van der Waals surface area contributed by atoms with Crippen molar-refractivity contribution >= 4 is 0 Å². The van der Waals surface area contributed by atoms with Gasteiger partial charge in [-0.3, -0.25) is 0 Å². The summed E-state index contributed by atoms with van der Waals surface area (Å²) in [5, 5.41) is 8.41. The lowest BCUT2D eigenvalue weighted by Gasteiger charge is -2.23. The first-order valence-electron chi connectivity index (χ1n) is 7.52. The Balaban J connectivity index is 1.74. The van der Waals surface area contributed by atoms with Crippen LogP contribution in [0.3, 0.4) is 0 Å². The maximum absolute atomic E-state index is 5.85. The Kier molecular flexibility index (Phi) is 3.81. The topological polar surface area (TPSA) is 48.2 Å². The van der Waals surface area contributed by atoms with Gasteiger partial charge < -0.3 is 9.15 Å². The lowest BCUT2D eigenvalue weighted by molar-refractivity contribution is 0.190. The summed E-state index contributed by atoms with van der Waals surface area (Å²) in [5.41, 5.74) is 2.54. The Bertz CT molecular complexity index is 596. The van der Waals surface area contributed by atoms with Gasteiger partial charge in [-0.15, -0.1) is 10.2 Å². The summed E-state index contributed by atoms with van der Waals surface area (Å²) in [6.07, 6.45) is 1.72. The van der Waals surface area contributed by atoms with Gasteiger partial charge in [0.05, 0.1) is 12.5 Å². The molecular weight excluding hydrogens is 264 g/mol. The number of aryl methyl sites for hydroxylation is 1. The van der Waals surface area contributed by atoms with E-state index in [0.29, 0.717) is 12.5 Å². The van der Waals surface area contributed by atoms with Crippen molar-refractivity contribution < 1.29 is 9.15 Å². The minimum absolute atomic E-state index is 0.0241. The lowest BCUT2D eigenvalue weighted by Crippen LogP contribution is -2.20. The van der Waals surface area contributed by atoms with Crippen molar-refractivity contribution in [2.75, 3.05) is 13.2 Å². The third-order valence-electron chi connectivity index (χ3n) is 4.19. The number of hydrogen-bond acceptors (Lipinski definition) is 4. The van der Waals surface area contributed by atoms with Crippen LogP contribution in [0.2, 0.25) is 0 Å². The monoisotopic (exact) mass is 286 g/mol. The van der Waals surface area contributed by atoms with Crippen molar-refractivity contribution in [2.24, 2.45) is 0 Å². The van der Waals surface area contributed by atoms with Gasteiger partial charge in [-0.2, -0.15) is 0 Å². The zero-order chi connectivity index (χ0) is 14.9. The van der Waals surface area contributed by atoms with Crippen LogP contribution in [0.1, 0.15) is 49.1 Å². The molecule has 0 N–H and O–H groups in total. The summed E-state index contributed by atoms with van der Waals surface area (Å²) in [6.45, 7) is 8.01. The first-order chi connectivity index (χ1) is 10.0. The van der Waals surface area contributed by atoms with Gasteiger partial charge in [0.2, 0.25) is 11.8 Å². The van der Waals surface area contributed by atoms with Crippen molar-refractivity contribution in [1.82, 2.24) is 10.2 Å². The highest BCUT2D eigenvalue weighted by Gasteiger charge is 2.27. The molecule has 1 fully saturated rings. The van der Waals surface area contributed by atoms with E-state index in [1.807, 2.05) is 0 Å². The maximum Gasteiger partial charge on any atom is 0.222 e. The first kappa shape index (κ1) is 14.3. The molecule has 4 heteroatoms. The van der Waals surface area contributed by atoms with Gasteiger partial charge in [0.25, 0.3) is 0 Å². The van der Waals surface area contributed by atoms with Crippen LogP contribution in [0.15, 0.2) is 28.7 Å². The van der Waals surface area contributed by atoms with E-state index < -0.39 is 0 Å². The van der Waals surface area contributed by atoms with Gasteiger partial charge in [-0.25, -0.2) is 0 Å². The highest BCUT2D eigenvalue weighted by Crippen LogP contribution is 2.29. The number of hydrogen-bond donors (Lipinski definition) is 0. The third kappa shape index (κ3) is 3.16. The van der Waals surface area contributed by atoms with Crippen LogP contribution in [0.25, 0.3) is 0 Å². The van der Waals surface area contributed by atoms with Crippen molar-refractivity contribution in [2.45, 2.75) is 44.9 Å². The first-order valence-corrected chi connectivity index (χ1v) is 7.52. The Morgan fingerprint density at radius 2 is 1.95 bits per heavy atom. The number of ether oxygens (including phenoxy) is 1. The van der Waals surface area contributed by atoms with Crippen molar-refractivity contribution in [3.63, 3.8) is 0 Å². The average Bonchev–Trinajstić information content (AvgIpc) is 3.09. The molecule has 1 aromatic carbocycles. The van der Waals surface area contributed by atoms with Crippen LogP contribution in [0.5, 0.6) is 0 Å². The summed E-state index contributed by atoms with van der Waals surface area (Å²) in [6, 6.07) is 8.65. The predicted octanol–water partition coefficient (Wildman–Crippen LogP) is 3.40. The normalized spacial score (nSPS) is 19.1. The summed E-state index contributed by atoms with van der Waals surface area (Å²) in [5.74, 6) is 1.71. The van der Waals surface area contributed by atoms with E-state index in [9.17, 15) is 0 Å². The summed E-state index contributed by atoms with van der Waals surface area (Å²) in [4.78, 5) is 0. The van der Waals surface area contributed by atoms with Crippen LogP contribution < -0.4 is 0 Å². The quantitative estimate of drug-likeness (QED) is 0.864. The zero-order valence-corrected chi connectivity index (χ0v) is 12.9. The van der Waals surface area contributed by atoms with E-state index in [1.165, 1.54) is 11.1 Å². The molecule has 2 heterocycles. The highest BCUT2D eigenvalue weighted by molar-refractivity contribution is 5.28. The fourth-order valence-corrected chi connectivity index (χ4v) is 2.72. The molecule has 2 aromatic rings. The van der Waals surface area contributed by atoms with Gasteiger partial charge in [0.1, 0.15) is 0 Å². The molecule has 0 saturated carbocycles. The second-order valence-electron chi connectivity index (χ2n) is 6.52. The Hall–Kier alpha value is -1.68. The highest BCUT2D eigenvalue weighted by atomic mass is 16.5. The molecule has 0 unspecified atom stereocenters. The van der Waals surface area contributed by atoms with Crippen LogP contribution in [-0.4, -0.2) is 23.4 Å². The van der Waals surface area contributed by atoms with Crippen molar-refractivity contribution in [1.29, 1.82) is 0 Å². The van der Waals surface area contributed by atoms with Gasteiger partial charge in [-0.1, -0.05) is 43.7 Å². The predicted molar refractivity (Wildman–Crippen MR) is 80.4 cm³/mol. The van der Waals surface area contributed by atoms with E-state index in [1.54, 1.807) is 0 Å². The molecule has 4 nitrogen and oxygen atoms in total. The van der Waals surface area contributed by atoms with Crippen LogP contribution >= 0.6 is 0 Å². The van der Waals surface area contributed by atoms with Gasteiger partial charge >= 0.3 is 0 Å². The number of benzene rings is 1. The molecule has 0 radical (unpaired) electrons. The second kappa shape index (κ2) is 5.60. The van der Waals surface area contributed by atoms with Gasteiger partial charge in [0, 0.05) is 13.0 Å². The molecule has 3 rings (SSSR count). The zero-order valence-electron chi connectivity index (χ0n) is 12.9. The molecule has 1 aliphatic rings. The molecule has 1 aliphatic heterocycles. The summed E-state index contributed by atoms with van der Waals surface area (Å²) >= 11 is 0. The Morgan fingerprint density at radius 1 is 1.19 bits per heavy atom. The van der Waals surface area contributed by atoms with Crippen LogP contribution in [-0.2, 0) is 16.6 Å². The van der Waals surface area contributed by atoms with Crippen molar-refractivity contribution in [3.05, 3.63) is 47.2 Å². The smallest absolute Gasteiger partial charge is 0.222 e. The van der Waals surface area contributed by atoms with E-state index in [0.717, 1.165) is 25.3 Å². The number of aromatic nitrogens is 2. The van der Waals surface area contributed by atoms with Gasteiger partial charge in [-0.05, 0) is 24.3 Å². The molecule has 0 amide bonds. The molecule has 1 aromatic heterocycles. The molecule has 1 atom stereocenters. The van der Waals surface area contributed by atoms with E-state index in [4.69, 9.17) is 9.15 Å². The molecule has 1 saturated heterocycles. The average molecular weight is 286 g/mol. The minimum Gasteiger partial charge on any atom is -0.425 e. The van der Waals surface area contributed by atoms with E-state index in [-0.39, 0.29) is 11.3 Å². The fraction of sp³-hybridized carbons (Fsp3) is 0.529. The minimum atomic E-state index is -0.0241. The van der Waals surface area contributed by atoms with E-state index >= 15 is 0 Å².